The summed E-state index contributed by atoms with van der Waals surface area (Å²) in [5.41, 5.74) is 0.122. The van der Waals surface area contributed by atoms with Gasteiger partial charge in [-0.2, -0.15) is 0 Å². The lowest BCUT2D eigenvalue weighted by Gasteiger charge is -2.35. The number of carbonyl (C=O) groups excluding carboxylic acids is 2. The smallest absolute Gasteiger partial charge is 0.320 e. The molecule has 148 valence electrons. The Morgan fingerprint density at radius 3 is 2.67 bits per heavy atom. The molecule has 1 heterocycles. The van der Waals surface area contributed by atoms with Gasteiger partial charge in [-0.15, -0.1) is 0 Å². The zero-order valence-corrected chi connectivity index (χ0v) is 15.9. The summed E-state index contributed by atoms with van der Waals surface area (Å²) in [4.78, 5) is 39.1. The molecular weight excluding hydrogens is 352 g/mol. The number of nitro benzene ring substituents is 1. The largest absolute Gasteiger partial charge is 0.495 e. The molecule has 1 saturated heterocycles. The average molecular weight is 378 g/mol. The van der Waals surface area contributed by atoms with Crippen molar-refractivity contribution >= 4 is 23.3 Å². The molecule has 0 saturated carbocycles. The van der Waals surface area contributed by atoms with E-state index in [0.717, 1.165) is 6.42 Å². The van der Waals surface area contributed by atoms with E-state index >= 15 is 0 Å². The highest BCUT2D eigenvalue weighted by atomic mass is 16.6. The van der Waals surface area contributed by atoms with E-state index in [2.05, 4.69) is 5.32 Å². The number of hydrogen-bond donors (Lipinski definition) is 1. The van der Waals surface area contributed by atoms with Crippen molar-refractivity contribution in [3.63, 3.8) is 0 Å². The zero-order valence-electron chi connectivity index (χ0n) is 15.9. The molecule has 0 aliphatic carbocycles. The first-order chi connectivity index (χ1) is 12.9. The fraction of sp³-hybridized carbons (Fsp3) is 0.556. The lowest BCUT2D eigenvalue weighted by atomic mass is 9.97. The van der Waals surface area contributed by atoms with Crippen molar-refractivity contribution in [3.8, 4) is 5.75 Å². The van der Waals surface area contributed by atoms with Crippen molar-refractivity contribution < 1.29 is 19.2 Å². The second-order valence-corrected chi connectivity index (χ2v) is 6.37. The normalized spacial score (nSPS) is 16.6. The quantitative estimate of drug-likeness (QED) is 0.605. The molecular formula is C18H26N4O5. The predicted octanol–water partition coefficient (Wildman–Crippen LogP) is 2.72. The minimum absolute atomic E-state index is 0.0644. The summed E-state index contributed by atoms with van der Waals surface area (Å²) in [5, 5.41) is 13.7. The van der Waals surface area contributed by atoms with Crippen molar-refractivity contribution in [2.75, 3.05) is 38.6 Å². The number of ether oxygens (including phenoxy) is 1. The molecule has 0 unspecified atom stereocenters. The molecule has 1 aliphatic heterocycles. The van der Waals surface area contributed by atoms with Gasteiger partial charge in [0, 0.05) is 38.3 Å². The van der Waals surface area contributed by atoms with E-state index in [0.29, 0.717) is 38.3 Å². The molecule has 1 N–H and O–H groups in total. The minimum atomic E-state index is -0.528. The zero-order chi connectivity index (χ0) is 20.0. The third-order valence-electron chi connectivity index (χ3n) is 4.75. The molecule has 9 nitrogen and oxygen atoms in total. The molecule has 1 aromatic carbocycles. The first kappa shape index (κ1) is 20.5. The van der Waals surface area contributed by atoms with Gasteiger partial charge in [-0.25, -0.2) is 4.79 Å². The number of likely N-dealkylation sites (tertiary alicyclic amines) is 1. The fourth-order valence-corrected chi connectivity index (χ4v) is 3.20. The van der Waals surface area contributed by atoms with Gasteiger partial charge in [0.15, 0.2) is 0 Å². The summed E-state index contributed by atoms with van der Waals surface area (Å²) in [7, 11) is 1.43. The second kappa shape index (κ2) is 9.20. The van der Waals surface area contributed by atoms with Gasteiger partial charge in [-0.3, -0.25) is 14.9 Å². The van der Waals surface area contributed by atoms with E-state index in [9.17, 15) is 19.7 Å². The lowest BCUT2D eigenvalue weighted by molar-refractivity contribution is -0.384. The number of urea groups is 1. The third kappa shape index (κ3) is 4.87. The molecule has 3 amide bonds. The highest BCUT2D eigenvalue weighted by molar-refractivity contribution is 5.95. The Labute approximate surface area is 158 Å². The molecule has 0 radical (unpaired) electrons. The van der Waals surface area contributed by atoms with Crippen LogP contribution in [0.3, 0.4) is 0 Å². The maximum absolute atomic E-state index is 12.7. The number of carbonyl (C=O) groups is 2. The number of benzene rings is 1. The number of nitro groups is 1. The van der Waals surface area contributed by atoms with Gasteiger partial charge in [0.25, 0.3) is 5.69 Å². The summed E-state index contributed by atoms with van der Waals surface area (Å²) in [6, 6.07) is 3.98. The highest BCUT2D eigenvalue weighted by Gasteiger charge is 2.30. The first-order valence-corrected chi connectivity index (χ1v) is 9.08. The topological polar surface area (TPSA) is 105 Å². The van der Waals surface area contributed by atoms with Crippen LogP contribution in [-0.2, 0) is 4.79 Å². The van der Waals surface area contributed by atoms with Gasteiger partial charge >= 0.3 is 6.03 Å². The molecule has 0 spiro atoms. The van der Waals surface area contributed by atoms with E-state index in [1.807, 2.05) is 13.8 Å². The second-order valence-electron chi connectivity index (χ2n) is 6.37. The van der Waals surface area contributed by atoms with Gasteiger partial charge < -0.3 is 19.9 Å². The molecule has 0 aromatic heterocycles. The van der Waals surface area contributed by atoms with Crippen LogP contribution in [-0.4, -0.2) is 60.0 Å². The summed E-state index contributed by atoms with van der Waals surface area (Å²) in [6.45, 7) is 6.03. The molecule has 2 rings (SSSR count). The monoisotopic (exact) mass is 378 g/mol. The molecule has 9 heteroatoms. The van der Waals surface area contributed by atoms with Gasteiger partial charge in [0.1, 0.15) is 5.75 Å². The Morgan fingerprint density at radius 1 is 1.37 bits per heavy atom. The third-order valence-corrected chi connectivity index (χ3v) is 4.75. The van der Waals surface area contributed by atoms with Crippen molar-refractivity contribution in [2.45, 2.75) is 26.7 Å². The Balaban J connectivity index is 2.10. The Morgan fingerprint density at radius 2 is 2.07 bits per heavy atom. The van der Waals surface area contributed by atoms with Crippen molar-refractivity contribution in [1.82, 2.24) is 9.80 Å². The molecule has 1 aliphatic rings. The molecule has 0 bridgehead atoms. The Bertz CT molecular complexity index is 705. The van der Waals surface area contributed by atoms with Crippen LogP contribution in [0.15, 0.2) is 18.2 Å². The lowest BCUT2D eigenvalue weighted by Crippen LogP contribution is -2.49. The predicted molar refractivity (Wildman–Crippen MR) is 101 cm³/mol. The van der Waals surface area contributed by atoms with Crippen molar-refractivity contribution in [2.24, 2.45) is 5.92 Å². The number of nitrogens with one attached hydrogen (secondary N) is 1. The number of rotatable bonds is 6. The minimum Gasteiger partial charge on any atom is -0.495 e. The summed E-state index contributed by atoms with van der Waals surface area (Å²) < 4.78 is 5.18. The van der Waals surface area contributed by atoms with Crippen LogP contribution in [0.5, 0.6) is 5.75 Å². The number of hydrogen-bond acceptors (Lipinski definition) is 5. The van der Waals surface area contributed by atoms with Gasteiger partial charge in [-0.05, 0) is 32.8 Å². The average Bonchev–Trinajstić information content (AvgIpc) is 2.68. The summed E-state index contributed by atoms with van der Waals surface area (Å²) >= 11 is 0. The van der Waals surface area contributed by atoms with E-state index in [1.54, 1.807) is 9.80 Å². The van der Waals surface area contributed by atoms with Gasteiger partial charge in [-0.1, -0.05) is 0 Å². The number of piperidine rings is 1. The molecule has 1 fully saturated rings. The van der Waals surface area contributed by atoms with E-state index in [1.165, 1.54) is 25.3 Å². The van der Waals surface area contributed by atoms with Crippen LogP contribution in [0, 0.1) is 16.0 Å². The van der Waals surface area contributed by atoms with Crippen molar-refractivity contribution in [3.05, 3.63) is 28.3 Å². The number of anilines is 1. The van der Waals surface area contributed by atoms with Crippen LogP contribution in [0.1, 0.15) is 26.7 Å². The number of non-ortho nitro benzene ring substituents is 1. The maximum atomic E-state index is 12.7. The Kier molecular flexibility index (Phi) is 6.98. The molecule has 27 heavy (non-hydrogen) atoms. The summed E-state index contributed by atoms with van der Waals surface area (Å²) in [5.74, 6) is -0.297. The fourth-order valence-electron chi connectivity index (χ4n) is 3.20. The standard InChI is InChI=1S/C18H26N4O5/c1-4-20(5-2)18(24)21-10-6-7-13(12-21)17(23)19-15-11-14(22(25)26)8-9-16(15)27-3/h8-9,11,13H,4-7,10,12H2,1-3H3,(H,19,23)/t13-/m1/s1. The molecule has 1 atom stereocenters. The van der Waals surface area contributed by atoms with Crippen LogP contribution in [0.4, 0.5) is 16.2 Å². The van der Waals surface area contributed by atoms with E-state index < -0.39 is 4.92 Å². The van der Waals surface area contributed by atoms with Gasteiger partial charge in [0.2, 0.25) is 5.91 Å². The van der Waals surface area contributed by atoms with Crippen LogP contribution in [0.2, 0.25) is 0 Å². The highest BCUT2D eigenvalue weighted by Crippen LogP contribution is 2.30. The maximum Gasteiger partial charge on any atom is 0.320 e. The Hall–Kier alpha value is -2.84. The summed E-state index contributed by atoms with van der Waals surface area (Å²) in [6.07, 6.45) is 1.39. The number of methoxy groups -OCH3 is 1. The van der Waals surface area contributed by atoms with Crippen LogP contribution in [0.25, 0.3) is 0 Å². The van der Waals surface area contributed by atoms with E-state index in [4.69, 9.17) is 4.74 Å². The SMILES string of the molecule is CCN(CC)C(=O)N1CCC[C@@H](C(=O)Nc2cc([N+](=O)[O-])ccc2OC)C1. The molecule has 1 aromatic rings. The van der Waals surface area contributed by atoms with Gasteiger partial charge in [0.05, 0.1) is 23.6 Å². The van der Waals surface area contributed by atoms with E-state index in [-0.39, 0.29) is 29.2 Å². The first-order valence-electron chi connectivity index (χ1n) is 9.08. The van der Waals surface area contributed by atoms with Crippen LogP contribution >= 0.6 is 0 Å². The van der Waals surface area contributed by atoms with Crippen molar-refractivity contribution in [1.29, 1.82) is 0 Å². The number of nitrogens with zero attached hydrogens (tertiary/aromatic N) is 3. The van der Waals surface area contributed by atoms with Crippen LogP contribution < -0.4 is 10.1 Å². The number of amides is 3.